The summed E-state index contributed by atoms with van der Waals surface area (Å²) < 4.78 is 0. The van der Waals surface area contributed by atoms with Gasteiger partial charge in [0.25, 0.3) is 0 Å². The lowest BCUT2D eigenvalue weighted by molar-refractivity contribution is -0.121. The van der Waals surface area contributed by atoms with Crippen LogP contribution in [-0.4, -0.2) is 11.8 Å². The molecule has 0 heterocycles. The second kappa shape index (κ2) is 11.6. The Bertz CT molecular complexity index is 1110. The molecule has 0 aromatic heterocycles. The molecule has 0 bridgehead atoms. The van der Waals surface area contributed by atoms with Crippen molar-refractivity contribution in [3.05, 3.63) is 156 Å². The molecule has 0 fully saturated rings. The van der Waals surface area contributed by atoms with Gasteiger partial charge in [0, 0.05) is 6.42 Å². The Morgan fingerprint density at radius 1 is 0.743 bits per heavy atom. The first-order valence-electron chi connectivity index (χ1n) is 12.3. The van der Waals surface area contributed by atoms with Crippen LogP contribution in [0.4, 0.5) is 0 Å². The van der Waals surface area contributed by atoms with Gasteiger partial charge in [-0.3, -0.25) is 10.1 Å². The van der Waals surface area contributed by atoms with Crippen molar-refractivity contribution in [2.75, 3.05) is 0 Å². The zero-order chi connectivity index (χ0) is 24.5. The van der Waals surface area contributed by atoms with Crippen LogP contribution in [0.2, 0.25) is 0 Å². The number of Topliss-reactive ketones (excluding diaryl/α,β-unsaturated/α-hetero) is 1. The van der Waals surface area contributed by atoms with E-state index in [1.54, 1.807) is 0 Å². The number of carbonyl (C=O) groups is 1. The average Bonchev–Trinajstić information content (AvgIpc) is 2.93. The molecule has 4 aromatic rings. The topological polar surface area (TPSA) is 29.1 Å². The molecule has 176 valence electrons. The summed E-state index contributed by atoms with van der Waals surface area (Å²) in [5.41, 5.74) is 3.85. The zero-order valence-corrected chi connectivity index (χ0v) is 20.3. The van der Waals surface area contributed by atoms with Gasteiger partial charge in [-0.2, -0.15) is 0 Å². The SMILES string of the molecule is C=CC(CC(=O)C(C)NC(c1ccccc1)(c1ccccc1)c1ccccc1)Cc1ccccc1. The van der Waals surface area contributed by atoms with Crippen molar-refractivity contribution < 1.29 is 4.79 Å². The fraction of sp³-hybridized carbons (Fsp3) is 0.182. The second-order valence-electron chi connectivity index (χ2n) is 9.07. The third-order valence-electron chi connectivity index (χ3n) is 6.67. The highest BCUT2D eigenvalue weighted by Gasteiger charge is 2.38. The summed E-state index contributed by atoms with van der Waals surface area (Å²) in [6.45, 7) is 6.00. The lowest BCUT2D eigenvalue weighted by Gasteiger charge is -2.39. The molecule has 0 saturated carbocycles. The lowest BCUT2D eigenvalue weighted by atomic mass is 9.76. The normalized spacial score (nSPS) is 13.1. The Balaban J connectivity index is 1.68. The molecule has 4 rings (SSSR count). The van der Waals surface area contributed by atoms with Crippen molar-refractivity contribution in [3.63, 3.8) is 0 Å². The summed E-state index contributed by atoms with van der Waals surface area (Å²) in [5, 5.41) is 3.79. The van der Waals surface area contributed by atoms with Crippen LogP contribution >= 0.6 is 0 Å². The summed E-state index contributed by atoms with van der Waals surface area (Å²) in [5.74, 6) is 0.270. The van der Waals surface area contributed by atoms with Crippen molar-refractivity contribution in [1.82, 2.24) is 5.32 Å². The number of ketones is 1. The smallest absolute Gasteiger partial charge is 0.150 e. The average molecular weight is 460 g/mol. The summed E-state index contributed by atoms with van der Waals surface area (Å²) in [4.78, 5) is 13.6. The maximum Gasteiger partial charge on any atom is 0.150 e. The highest BCUT2D eigenvalue weighted by Crippen LogP contribution is 2.37. The molecule has 0 aliphatic heterocycles. The van der Waals surface area contributed by atoms with Gasteiger partial charge in [-0.05, 0) is 41.5 Å². The van der Waals surface area contributed by atoms with E-state index in [4.69, 9.17) is 0 Å². The predicted octanol–water partition coefficient (Wildman–Crippen LogP) is 6.96. The summed E-state index contributed by atoms with van der Waals surface area (Å²) in [7, 11) is 0. The van der Waals surface area contributed by atoms with E-state index >= 15 is 0 Å². The zero-order valence-electron chi connectivity index (χ0n) is 20.3. The molecular weight excluding hydrogens is 426 g/mol. The van der Waals surface area contributed by atoms with E-state index in [9.17, 15) is 4.79 Å². The van der Waals surface area contributed by atoms with Crippen molar-refractivity contribution in [2.24, 2.45) is 5.92 Å². The Hall–Kier alpha value is -3.75. The van der Waals surface area contributed by atoms with Crippen molar-refractivity contribution in [1.29, 1.82) is 0 Å². The highest BCUT2D eigenvalue weighted by molar-refractivity contribution is 5.84. The largest absolute Gasteiger partial charge is 0.298 e. The predicted molar refractivity (Wildman–Crippen MR) is 145 cm³/mol. The molecule has 0 aliphatic carbocycles. The maximum absolute atomic E-state index is 13.6. The molecule has 0 saturated heterocycles. The van der Waals surface area contributed by atoms with Gasteiger partial charge in [0.2, 0.25) is 0 Å². The van der Waals surface area contributed by atoms with Gasteiger partial charge in [-0.1, -0.05) is 127 Å². The number of carbonyl (C=O) groups excluding carboxylic acids is 1. The van der Waals surface area contributed by atoms with Crippen LogP contribution in [0.3, 0.4) is 0 Å². The Labute approximate surface area is 209 Å². The van der Waals surface area contributed by atoms with Crippen molar-refractivity contribution in [2.45, 2.75) is 31.3 Å². The van der Waals surface area contributed by atoms with Crippen LogP contribution < -0.4 is 5.32 Å². The Morgan fingerprint density at radius 2 is 1.14 bits per heavy atom. The minimum atomic E-state index is -0.665. The number of hydrogen-bond acceptors (Lipinski definition) is 2. The van der Waals surface area contributed by atoms with E-state index in [2.05, 4.69) is 96.8 Å². The van der Waals surface area contributed by atoms with Crippen LogP contribution in [-0.2, 0) is 16.8 Å². The van der Waals surface area contributed by atoms with Crippen molar-refractivity contribution in [3.8, 4) is 0 Å². The fourth-order valence-corrected chi connectivity index (χ4v) is 4.81. The first-order valence-corrected chi connectivity index (χ1v) is 12.3. The monoisotopic (exact) mass is 459 g/mol. The molecule has 1 N–H and O–H groups in total. The molecular formula is C33H33NO. The number of benzene rings is 4. The Kier molecular flexibility index (Phi) is 8.07. The van der Waals surface area contributed by atoms with Crippen LogP contribution in [0.5, 0.6) is 0 Å². The van der Waals surface area contributed by atoms with E-state index in [1.165, 1.54) is 5.56 Å². The number of allylic oxidation sites excluding steroid dienone is 1. The van der Waals surface area contributed by atoms with Gasteiger partial charge in [0.05, 0.1) is 11.6 Å². The second-order valence-corrected chi connectivity index (χ2v) is 9.07. The van der Waals surface area contributed by atoms with E-state index < -0.39 is 5.54 Å². The van der Waals surface area contributed by atoms with Gasteiger partial charge in [-0.25, -0.2) is 0 Å². The van der Waals surface area contributed by atoms with E-state index in [-0.39, 0.29) is 17.7 Å². The van der Waals surface area contributed by atoms with E-state index in [0.29, 0.717) is 6.42 Å². The summed E-state index contributed by atoms with van der Waals surface area (Å²) >= 11 is 0. The standard InChI is InChI=1S/C33H33NO/c1-3-27(24-28-16-8-4-9-17-28)25-32(35)26(2)34-33(29-18-10-5-11-19-29,30-20-12-6-13-21-30)31-22-14-7-15-23-31/h3-23,26-27,34H,1,24-25H2,2H3. The minimum Gasteiger partial charge on any atom is -0.298 e. The first kappa shape index (κ1) is 24.4. The lowest BCUT2D eigenvalue weighted by Crippen LogP contribution is -2.51. The number of hydrogen-bond donors (Lipinski definition) is 1. The Morgan fingerprint density at radius 3 is 1.54 bits per heavy atom. The fourth-order valence-electron chi connectivity index (χ4n) is 4.81. The van der Waals surface area contributed by atoms with Crippen LogP contribution in [0.15, 0.2) is 134 Å². The molecule has 4 aromatic carbocycles. The minimum absolute atomic E-state index is 0.0914. The van der Waals surface area contributed by atoms with Gasteiger partial charge in [-0.15, -0.1) is 6.58 Å². The highest BCUT2D eigenvalue weighted by atomic mass is 16.1. The molecule has 0 aliphatic rings. The molecule has 2 heteroatoms. The third-order valence-corrected chi connectivity index (χ3v) is 6.67. The maximum atomic E-state index is 13.6. The van der Waals surface area contributed by atoms with Gasteiger partial charge in [0.1, 0.15) is 5.78 Å². The first-order chi connectivity index (χ1) is 17.1. The molecule has 2 unspecified atom stereocenters. The number of nitrogens with one attached hydrogen (secondary N) is 1. The summed E-state index contributed by atoms with van der Waals surface area (Å²) in [6, 6.07) is 41.1. The molecule has 35 heavy (non-hydrogen) atoms. The number of rotatable bonds is 11. The van der Waals surface area contributed by atoms with Crippen LogP contribution in [0.1, 0.15) is 35.6 Å². The van der Waals surface area contributed by atoms with Crippen LogP contribution in [0.25, 0.3) is 0 Å². The van der Waals surface area contributed by atoms with Crippen LogP contribution in [0, 0.1) is 5.92 Å². The van der Waals surface area contributed by atoms with Gasteiger partial charge >= 0.3 is 0 Å². The quantitative estimate of drug-likeness (QED) is 0.194. The molecule has 0 amide bonds. The van der Waals surface area contributed by atoms with Gasteiger partial charge < -0.3 is 0 Å². The van der Waals surface area contributed by atoms with Gasteiger partial charge in [0.15, 0.2) is 0 Å². The van der Waals surface area contributed by atoms with E-state index in [1.807, 2.05) is 49.4 Å². The molecule has 0 spiro atoms. The molecule has 2 atom stereocenters. The third kappa shape index (κ3) is 5.67. The molecule has 0 radical (unpaired) electrons. The summed E-state index contributed by atoms with van der Waals surface area (Å²) in [6.07, 6.45) is 3.17. The van der Waals surface area contributed by atoms with E-state index in [0.717, 1.165) is 23.1 Å². The molecule has 2 nitrogen and oxygen atoms in total. The van der Waals surface area contributed by atoms with Crippen molar-refractivity contribution >= 4 is 5.78 Å².